The van der Waals surface area contributed by atoms with E-state index in [2.05, 4.69) is 10.1 Å². The maximum Gasteiger partial charge on any atom is 0.260 e. The van der Waals surface area contributed by atoms with Crippen LogP contribution in [0.2, 0.25) is 0 Å². The lowest BCUT2D eigenvalue weighted by Crippen LogP contribution is -2.09. The first-order valence-corrected chi connectivity index (χ1v) is 5.61. The third-order valence-electron chi connectivity index (χ3n) is 2.66. The van der Waals surface area contributed by atoms with Crippen molar-refractivity contribution in [1.82, 2.24) is 10.1 Å². The summed E-state index contributed by atoms with van der Waals surface area (Å²) in [6.07, 6.45) is 0.372. The number of aromatic nitrogens is 2. The Morgan fingerprint density at radius 2 is 2.05 bits per heavy atom. The zero-order valence-corrected chi connectivity index (χ0v) is 10.5. The summed E-state index contributed by atoms with van der Waals surface area (Å²) in [5, 5.41) is 3.74. The number of nitrogens with zero attached hydrogens (tertiary/aromatic N) is 2. The van der Waals surface area contributed by atoms with Gasteiger partial charge in [-0.05, 0) is 13.0 Å². The van der Waals surface area contributed by atoms with E-state index in [1.165, 1.54) is 0 Å². The van der Waals surface area contributed by atoms with Crippen LogP contribution in [-0.4, -0.2) is 23.4 Å². The molecule has 1 atom stereocenters. The molecule has 0 spiro atoms. The maximum absolute atomic E-state index is 13.2. The predicted octanol–water partition coefficient (Wildman–Crippen LogP) is 2.17. The zero-order valence-electron chi connectivity index (χ0n) is 10.5. The second kappa shape index (κ2) is 5.31. The summed E-state index contributed by atoms with van der Waals surface area (Å²) in [6, 6.07) is 1.81. The van der Waals surface area contributed by atoms with Gasteiger partial charge in [0.25, 0.3) is 5.89 Å². The molecule has 19 heavy (non-hydrogen) atoms. The number of nitrogens with two attached hydrogens (primary N) is 1. The molecule has 1 aromatic carbocycles. The van der Waals surface area contributed by atoms with Crippen molar-refractivity contribution in [2.45, 2.75) is 19.4 Å². The molecule has 1 aromatic heterocycles. The van der Waals surface area contributed by atoms with Gasteiger partial charge in [0.15, 0.2) is 17.5 Å². The van der Waals surface area contributed by atoms with Gasteiger partial charge in [-0.25, -0.2) is 8.78 Å². The van der Waals surface area contributed by atoms with Gasteiger partial charge in [-0.3, -0.25) is 0 Å². The number of hydrogen-bond donors (Lipinski definition) is 1. The summed E-state index contributed by atoms with van der Waals surface area (Å²) < 4.78 is 36.2. The van der Waals surface area contributed by atoms with Crippen LogP contribution in [0.25, 0.3) is 11.5 Å². The summed E-state index contributed by atoms with van der Waals surface area (Å²) in [5.74, 6) is -1.58. The summed E-state index contributed by atoms with van der Waals surface area (Å²) in [4.78, 5) is 4.07. The molecule has 0 aliphatic carbocycles. The molecule has 0 fully saturated rings. The largest absolute Gasteiger partial charge is 0.398 e. The standard InChI is InChI=1S/C12H13F2N3O2/c1-6(18-2)3-11-16-12(19-17-11)7-4-8(13)9(14)5-10(7)15/h4-6H,3,15H2,1-2H3. The SMILES string of the molecule is COC(C)Cc1noc(-c2cc(F)c(F)cc2N)n1. The van der Waals surface area contributed by atoms with E-state index in [0.717, 1.165) is 12.1 Å². The smallest absolute Gasteiger partial charge is 0.260 e. The molecule has 0 radical (unpaired) electrons. The van der Waals surface area contributed by atoms with Gasteiger partial charge in [0.2, 0.25) is 0 Å². The van der Waals surface area contributed by atoms with Crippen molar-refractivity contribution in [3.05, 3.63) is 29.6 Å². The lowest BCUT2D eigenvalue weighted by molar-refractivity contribution is 0.116. The fraction of sp³-hybridized carbons (Fsp3) is 0.333. The normalized spacial score (nSPS) is 12.6. The highest BCUT2D eigenvalue weighted by molar-refractivity contribution is 5.70. The Balaban J connectivity index is 2.30. The van der Waals surface area contributed by atoms with Gasteiger partial charge in [-0.1, -0.05) is 5.16 Å². The third-order valence-corrected chi connectivity index (χ3v) is 2.66. The molecule has 5 nitrogen and oxygen atoms in total. The van der Waals surface area contributed by atoms with Crippen LogP contribution in [0.1, 0.15) is 12.7 Å². The van der Waals surface area contributed by atoms with Crippen molar-refractivity contribution in [3.63, 3.8) is 0 Å². The van der Waals surface area contributed by atoms with Crippen molar-refractivity contribution < 1.29 is 18.0 Å². The Morgan fingerprint density at radius 1 is 1.37 bits per heavy atom. The Labute approximate surface area is 108 Å². The monoisotopic (exact) mass is 269 g/mol. The zero-order chi connectivity index (χ0) is 14.0. The highest BCUT2D eigenvalue weighted by atomic mass is 19.2. The van der Waals surface area contributed by atoms with E-state index in [0.29, 0.717) is 12.2 Å². The molecule has 0 aliphatic heterocycles. The molecule has 2 N–H and O–H groups in total. The van der Waals surface area contributed by atoms with Gasteiger partial charge in [0.1, 0.15) is 0 Å². The van der Waals surface area contributed by atoms with E-state index >= 15 is 0 Å². The topological polar surface area (TPSA) is 74.2 Å². The molecule has 0 aliphatic rings. The minimum atomic E-state index is -1.02. The van der Waals surface area contributed by atoms with E-state index in [9.17, 15) is 8.78 Å². The van der Waals surface area contributed by atoms with Gasteiger partial charge in [0, 0.05) is 25.3 Å². The maximum atomic E-state index is 13.2. The molecule has 102 valence electrons. The van der Waals surface area contributed by atoms with E-state index in [4.69, 9.17) is 15.0 Å². The first kappa shape index (κ1) is 13.4. The van der Waals surface area contributed by atoms with Crippen LogP contribution in [0.3, 0.4) is 0 Å². The lowest BCUT2D eigenvalue weighted by Gasteiger charge is -2.04. The average molecular weight is 269 g/mol. The second-order valence-electron chi connectivity index (χ2n) is 4.12. The minimum Gasteiger partial charge on any atom is -0.398 e. The van der Waals surface area contributed by atoms with Gasteiger partial charge in [-0.2, -0.15) is 4.98 Å². The highest BCUT2D eigenvalue weighted by Gasteiger charge is 2.16. The van der Waals surface area contributed by atoms with E-state index in [-0.39, 0.29) is 23.2 Å². The van der Waals surface area contributed by atoms with Crippen molar-refractivity contribution in [2.24, 2.45) is 0 Å². The number of methoxy groups -OCH3 is 1. The quantitative estimate of drug-likeness (QED) is 0.861. The van der Waals surface area contributed by atoms with Gasteiger partial charge in [-0.15, -0.1) is 0 Å². The van der Waals surface area contributed by atoms with Crippen molar-refractivity contribution in [3.8, 4) is 11.5 Å². The number of benzene rings is 1. The fourth-order valence-corrected chi connectivity index (χ4v) is 1.53. The van der Waals surface area contributed by atoms with E-state index in [1.54, 1.807) is 7.11 Å². The number of rotatable bonds is 4. The van der Waals surface area contributed by atoms with Crippen molar-refractivity contribution in [1.29, 1.82) is 0 Å². The molecule has 2 rings (SSSR count). The van der Waals surface area contributed by atoms with E-state index < -0.39 is 11.6 Å². The summed E-state index contributed by atoms with van der Waals surface area (Å²) in [6.45, 7) is 1.85. The van der Waals surface area contributed by atoms with Gasteiger partial charge in [0.05, 0.1) is 11.7 Å². The molecule has 1 heterocycles. The first-order chi connectivity index (χ1) is 9.01. The number of anilines is 1. The molecular formula is C12H13F2N3O2. The highest BCUT2D eigenvalue weighted by Crippen LogP contribution is 2.26. The van der Waals surface area contributed by atoms with Crippen LogP contribution < -0.4 is 5.73 Å². The Morgan fingerprint density at radius 3 is 2.74 bits per heavy atom. The predicted molar refractivity (Wildman–Crippen MR) is 64.2 cm³/mol. The van der Waals surface area contributed by atoms with Gasteiger partial charge >= 0.3 is 0 Å². The van der Waals surface area contributed by atoms with E-state index in [1.807, 2.05) is 6.92 Å². The van der Waals surface area contributed by atoms with Crippen LogP contribution >= 0.6 is 0 Å². The molecule has 0 saturated carbocycles. The van der Waals surface area contributed by atoms with Crippen LogP contribution in [-0.2, 0) is 11.2 Å². The van der Waals surface area contributed by atoms with Crippen molar-refractivity contribution >= 4 is 5.69 Å². The molecular weight excluding hydrogens is 256 g/mol. The fourth-order valence-electron chi connectivity index (χ4n) is 1.53. The summed E-state index contributed by atoms with van der Waals surface area (Å²) in [7, 11) is 1.57. The molecule has 0 bridgehead atoms. The Bertz CT molecular complexity index is 586. The number of halogens is 2. The lowest BCUT2D eigenvalue weighted by atomic mass is 10.1. The minimum absolute atomic E-state index is 0.0360. The third kappa shape index (κ3) is 2.87. The molecule has 7 heteroatoms. The van der Waals surface area contributed by atoms with Gasteiger partial charge < -0.3 is 15.0 Å². The molecule has 0 saturated heterocycles. The second-order valence-corrected chi connectivity index (χ2v) is 4.12. The molecule has 2 aromatic rings. The first-order valence-electron chi connectivity index (χ1n) is 5.61. The number of ether oxygens (including phenoxy) is 1. The Hall–Kier alpha value is -2.02. The summed E-state index contributed by atoms with van der Waals surface area (Å²) >= 11 is 0. The molecule has 1 unspecified atom stereocenters. The molecule has 0 amide bonds. The van der Waals surface area contributed by atoms with Crippen LogP contribution in [0.4, 0.5) is 14.5 Å². The average Bonchev–Trinajstić information content (AvgIpc) is 2.82. The van der Waals surface area contributed by atoms with Crippen LogP contribution in [0.15, 0.2) is 16.7 Å². The van der Waals surface area contributed by atoms with Crippen LogP contribution in [0, 0.1) is 11.6 Å². The Kier molecular flexibility index (Phi) is 3.75. The number of nitrogen functional groups attached to an aromatic ring is 1. The summed E-state index contributed by atoms with van der Waals surface area (Å²) in [5.41, 5.74) is 5.81. The number of hydrogen-bond acceptors (Lipinski definition) is 5. The van der Waals surface area contributed by atoms with Crippen LogP contribution in [0.5, 0.6) is 0 Å². The van der Waals surface area contributed by atoms with Crippen molar-refractivity contribution in [2.75, 3.05) is 12.8 Å².